The van der Waals surface area contributed by atoms with Gasteiger partial charge in [-0.2, -0.15) is 0 Å². The third-order valence-electron chi connectivity index (χ3n) is 2.91. The van der Waals surface area contributed by atoms with Crippen LogP contribution in [0.5, 0.6) is 0 Å². The van der Waals surface area contributed by atoms with Crippen molar-refractivity contribution in [3.05, 3.63) is 29.0 Å². The maximum absolute atomic E-state index is 13.5. The molecule has 0 bridgehead atoms. The molecule has 1 saturated heterocycles. The zero-order valence-electron chi connectivity index (χ0n) is 9.62. The Balaban J connectivity index is 2.12. The summed E-state index contributed by atoms with van der Waals surface area (Å²) in [6, 6.07) is 3.48. The van der Waals surface area contributed by atoms with E-state index in [1.165, 1.54) is 6.07 Å². The molecule has 1 heterocycles. The summed E-state index contributed by atoms with van der Waals surface area (Å²) in [4.78, 5) is -0.402. The van der Waals surface area contributed by atoms with Gasteiger partial charge in [-0.25, -0.2) is 17.5 Å². The molecule has 18 heavy (non-hydrogen) atoms. The summed E-state index contributed by atoms with van der Waals surface area (Å²) in [6.45, 7) is 1.97. The van der Waals surface area contributed by atoms with E-state index in [2.05, 4.69) is 10.0 Å². The lowest BCUT2D eigenvalue weighted by molar-refractivity contribution is 0.529. The number of hydrogen-bond donors (Lipinski definition) is 2. The number of hydrogen-bond acceptors (Lipinski definition) is 3. The van der Waals surface area contributed by atoms with Crippen molar-refractivity contribution in [1.82, 2.24) is 10.0 Å². The van der Waals surface area contributed by atoms with Crippen LogP contribution in [0.25, 0.3) is 0 Å². The van der Waals surface area contributed by atoms with Crippen molar-refractivity contribution in [3.63, 3.8) is 0 Å². The molecule has 0 amide bonds. The van der Waals surface area contributed by atoms with Crippen LogP contribution in [-0.2, 0) is 10.0 Å². The fourth-order valence-electron chi connectivity index (χ4n) is 1.88. The third-order valence-corrected chi connectivity index (χ3v) is 4.58. The number of rotatable bonds is 4. The summed E-state index contributed by atoms with van der Waals surface area (Å²) in [6.07, 6.45) is 0.917. The number of halogens is 2. The summed E-state index contributed by atoms with van der Waals surface area (Å²) < 4.78 is 39.8. The van der Waals surface area contributed by atoms with Crippen LogP contribution >= 0.6 is 11.6 Å². The van der Waals surface area contributed by atoms with E-state index in [1.54, 1.807) is 0 Å². The van der Waals surface area contributed by atoms with Crippen molar-refractivity contribution in [2.24, 2.45) is 5.92 Å². The van der Waals surface area contributed by atoms with E-state index in [1.807, 2.05) is 0 Å². The van der Waals surface area contributed by atoms with Gasteiger partial charge in [0.15, 0.2) is 0 Å². The molecule has 4 nitrogen and oxygen atoms in total. The average Bonchev–Trinajstić information content (AvgIpc) is 2.83. The Hall–Kier alpha value is -0.690. The van der Waals surface area contributed by atoms with Gasteiger partial charge in [-0.1, -0.05) is 11.6 Å². The van der Waals surface area contributed by atoms with Crippen molar-refractivity contribution in [3.8, 4) is 0 Å². The summed E-state index contributed by atoms with van der Waals surface area (Å²) in [7, 11) is -3.84. The first-order chi connectivity index (χ1) is 8.49. The Morgan fingerprint density at radius 2 is 2.28 bits per heavy atom. The molecule has 0 aliphatic carbocycles. The highest BCUT2D eigenvalue weighted by Crippen LogP contribution is 2.19. The van der Waals surface area contributed by atoms with E-state index >= 15 is 0 Å². The highest BCUT2D eigenvalue weighted by Gasteiger charge is 2.22. The lowest BCUT2D eigenvalue weighted by atomic mass is 10.1. The molecule has 1 fully saturated rings. The predicted molar refractivity (Wildman–Crippen MR) is 67.6 cm³/mol. The van der Waals surface area contributed by atoms with Gasteiger partial charge in [0.05, 0.1) is 0 Å². The van der Waals surface area contributed by atoms with E-state index < -0.39 is 20.7 Å². The van der Waals surface area contributed by atoms with Crippen LogP contribution in [0.4, 0.5) is 4.39 Å². The summed E-state index contributed by atoms with van der Waals surface area (Å²) >= 11 is 5.68. The van der Waals surface area contributed by atoms with E-state index in [-0.39, 0.29) is 10.9 Å². The first-order valence-electron chi connectivity index (χ1n) is 5.64. The summed E-state index contributed by atoms with van der Waals surface area (Å²) in [5.74, 6) is -0.543. The molecular formula is C11H14ClFN2O2S. The second-order valence-electron chi connectivity index (χ2n) is 4.29. The topological polar surface area (TPSA) is 58.2 Å². The molecule has 0 aromatic heterocycles. The molecule has 100 valence electrons. The standard InChI is InChI=1S/C11H14ClFN2O2S/c12-9-1-2-10(13)11(5-9)18(16,17)15-7-8-3-4-14-6-8/h1-2,5,8,14-15H,3-4,6-7H2. The number of sulfonamides is 1. The highest BCUT2D eigenvalue weighted by atomic mass is 35.5. The van der Waals surface area contributed by atoms with Gasteiger partial charge in [-0.3, -0.25) is 0 Å². The van der Waals surface area contributed by atoms with Crippen LogP contribution in [0.1, 0.15) is 6.42 Å². The minimum Gasteiger partial charge on any atom is -0.316 e. The Labute approximate surface area is 111 Å². The number of benzene rings is 1. The normalized spacial score (nSPS) is 20.2. The number of nitrogens with one attached hydrogen (secondary N) is 2. The second-order valence-corrected chi connectivity index (χ2v) is 6.46. The summed E-state index contributed by atoms with van der Waals surface area (Å²) in [5, 5.41) is 3.33. The predicted octanol–water partition coefficient (Wildman–Crippen LogP) is 1.37. The molecule has 0 radical (unpaired) electrons. The zero-order chi connectivity index (χ0) is 13.2. The minimum absolute atomic E-state index is 0.194. The van der Waals surface area contributed by atoms with Gasteiger partial charge in [0.25, 0.3) is 0 Å². The lowest BCUT2D eigenvalue weighted by Crippen LogP contribution is -2.30. The maximum Gasteiger partial charge on any atom is 0.243 e. The van der Waals surface area contributed by atoms with Crippen molar-refractivity contribution in [1.29, 1.82) is 0 Å². The molecule has 2 N–H and O–H groups in total. The molecule has 1 aromatic carbocycles. The van der Waals surface area contributed by atoms with E-state index in [0.717, 1.165) is 31.6 Å². The second kappa shape index (κ2) is 5.52. The minimum atomic E-state index is -3.84. The van der Waals surface area contributed by atoms with Gasteiger partial charge in [0, 0.05) is 11.6 Å². The summed E-state index contributed by atoms with van der Waals surface area (Å²) in [5.41, 5.74) is 0. The average molecular weight is 293 g/mol. The lowest BCUT2D eigenvalue weighted by Gasteiger charge is -2.11. The third kappa shape index (κ3) is 3.20. The van der Waals surface area contributed by atoms with Gasteiger partial charge in [0.1, 0.15) is 10.7 Å². The zero-order valence-corrected chi connectivity index (χ0v) is 11.2. The molecule has 1 aliphatic rings. The Bertz CT molecular complexity index is 530. The largest absolute Gasteiger partial charge is 0.316 e. The molecule has 1 atom stereocenters. The first-order valence-corrected chi connectivity index (χ1v) is 7.50. The van der Waals surface area contributed by atoms with Gasteiger partial charge >= 0.3 is 0 Å². The molecule has 1 aromatic rings. The molecule has 2 rings (SSSR count). The van der Waals surface area contributed by atoms with Crippen molar-refractivity contribution in [2.45, 2.75) is 11.3 Å². The van der Waals surface area contributed by atoms with Crippen molar-refractivity contribution >= 4 is 21.6 Å². The van der Waals surface area contributed by atoms with Crippen molar-refractivity contribution < 1.29 is 12.8 Å². The van der Waals surface area contributed by atoms with E-state index in [4.69, 9.17) is 11.6 Å². The monoisotopic (exact) mass is 292 g/mol. The van der Waals surface area contributed by atoms with Gasteiger partial charge in [-0.15, -0.1) is 0 Å². The fraction of sp³-hybridized carbons (Fsp3) is 0.455. The molecule has 0 saturated carbocycles. The molecular weight excluding hydrogens is 279 g/mol. The van der Waals surface area contributed by atoms with Crippen LogP contribution in [0.2, 0.25) is 5.02 Å². The van der Waals surface area contributed by atoms with Gasteiger partial charge in [-0.05, 0) is 43.6 Å². The van der Waals surface area contributed by atoms with Crippen molar-refractivity contribution in [2.75, 3.05) is 19.6 Å². The molecule has 7 heteroatoms. The van der Waals surface area contributed by atoms with Crippen LogP contribution in [0, 0.1) is 11.7 Å². The van der Waals surface area contributed by atoms with Gasteiger partial charge in [0.2, 0.25) is 10.0 Å². The maximum atomic E-state index is 13.5. The Morgan fingerprint density at radius 3 is 2.94 bits per heavy atom. The quantitative estimate of drug-likeness (QED) is 0.881. The SMILES string of the molecule is O=S(=O)(NCC1CCNC1)c1cc(Cl)ccc1F. The Morgan fingerprint density at radius 1 is 1.50 bits per heavy atom. The van der Waals surface area contributed by atoms with Crippen LogP contribution in [0.3, 0.4) is 0 Å². The smallest absolute Gasteiger partial charge is 0.243 e. The molecule has 0 spiro atoms. The van der Waals surface area contributed by atoms with Crippen LogP contribution < -0.4 is 10.0 Å². The van der Waals surface area contributed by atoms with Crippen LogP contribution in [-0.4, -0.2) is 28.1 Å². The van der Waals surface area contributed by atoms with Gasteiger partial charge < -0.3 is 5.32 Å². The van der Waals surface area contributed by atoms with Crippen LogP contribution in [0.15, 0.2) is 23.1 Å². The highest BCUT2D eigenvalue weighted by molar-refractivity contribution is 7.89. The molecule has 1 unspecified atom stereocenters. The fourth-order valence-corrected chi connectivity index (χ4v) is 3.33. The Kier molecular flexibility index (Phi) is 4.21. The van der Waals surface area contributed by atoms with E-state index in [0.29, 0.717) is 6.54 Å². The van der Waals surface area contributed by atoms with E-state index in [9.17, 15) is 12.8 Å². The molecule has 1 aliphatic heterocycles. The first kappa shape index (κ1) is 13.7.